The van der Waals surface area contributed by atoms with Crippen LogP contribution in [0.1, 0.15) is 28.3 Å². The van der Waals surface area contributed by atoms with Crippen LogP contribution < -0.4 is 5.32 Å². The summed E-state index contributed by atoms with van der Waals surface area (Å²) in [6.07, 6.45) is 0.628. The van der Waals surface area contributed by atoms with Gasteiger partial charge < -0.3 is 20.4 Å². The molecule has 0 saturated carbocycles. The third-order valence-electron chi connectivity index (χ3n) is 3.36. The van der Waals surface area contributed by atoms with Gasteiger partial charge in [0.05, 0.1) is 6.61 Å². The van der Waals surface area contributed by atoms with Gasteiger partial charge in [0, 0.05) is 25.0 Å². The Morgan fingerprint density at radius 1 is 1.45 bits per heavy atom. The van der Waals surface area contributed by atoms with Crippen molar-refractivity contribution in [3.8, 4) is 0 Å². The number of carbonyl (C=O) groups is 2. The third kappa shape index (κ3) is 3.67. The normalized spacial score (nSPS) is 16.1. The number of hydrogen-bond acceptors (Lipinski definition) is 5. The molecule has 1 aromatic heterocycles. The van der Waals surface area contributed by atoms with Gasteiger partial charge in [-0.2, -0.15) is 0 Å². The molecule has 0 spiro atoms. The molecule has 0 unspecified atom stereocenters. The van der Waals surface area contributed by atoms with Gasteiger partial charge in [-0.05, 0) is 18.8 Å². The van der Waals surface area contributed by atoms with E-state index in [1.165, 1.54) is 16.2 Å². The number of carbonyl (C=O) groups excluding carboxylic acids is 1. The van der Waals surface area contributed by atoms with Gasteiger partial charge in [-0.3, -0.25) is 4.79 Å². The maximum Gasteiger partial charge on any atom is 0.407 e. The van der Waals surface area contributed by atoms with Crippen LogP contribution in [0.2, 0.25) is 0 Å². The number of nitrogens with one attached hydrogen (secondary N) is 1. The Bertz CT molecular complexity index is 483. The molecule has 0 bridgehead atoms. The van der Waals surface area contributed by atoms with Gasteiger partial charge in [-0.1, -0.05) is 0 Å². The predicted molar refractivity (Wildman–Crippen MR) is 72.7 cm³/mol. The van der Waals surface area contributed by atoms with Gasteiger partial charge in [-0.25, -0.2) is 9.78 Å². The first-order valence-corrected chi connectivity index (χ1v) is 7.29. The van der Waals surface area contributed by atoms with Crippen molar-refractivity contribution >= 4 is 23.3 Å². The molecule has 0 aliphatic carbocycles. The molecule has 110 valence electrons. The number of carboxylic acid groups (broad SMARTS) is 1. The Hall–Kier alpha value is -1.67. The number of aliphatic hydroxyl groups is 1. The highest BCUT2D eigenvalue weighted by atomic mass is 32.1. The predicted octanol–water partition coefficient (Wildman–Crippen LogP) is 0.755. The van der Waals surface area contributed by atoms with Crippen molar-refractivity contribution in [2.24, 2.45) is 5.92 Å². The third-order valence-corrected chi connectivity index (χ3v) is 4.19. The van der Waals surface area contributed by atoms with E-state index in [2.05, 4.69) is 10.3 Å². The fourth-order valence-corrected chi connectivity index (χ4v) is 2.78. The van der Waals surface area contributed by atoms with Gasteiger partial charge in [0.2, 0.25) is 0 Å². The molecule has 0 atom stereocenters. The van der Waals surface area contributed by atoms with Crippen LogP contribution in [0.25, 0.3) is 0 Å². The molecule has 1 aromatic rings. The van der Waals surface area contributed by atoms with Crippen LogP contribution in [0.3, 0.4) is 0 Å². The van der Waals surface area contributed by atoms with Gasteiger partial charge in [0.25, 0.3) is 5.91 Å². The first kappa shape index (κ1) is 14.7. The van der Waals surface area contributed by atoms with Crippen LogP contribution in [0.5, 0.6) is 0 Å². The van der Waals surface area contributed by atoms with E-state index in [0.717, 1.165) is 12.8 Å². The summed E-state index contributed by atoms with van der Waals surface area (Å²) in [5, 5.41) is 22.7. The number of rotatable bonds is 4. The molecule has 8 heteroatoms. The van der Waals surface area contributed by atoms with E-state index in [9.17, 15) is 9.59 Å². The number of amides is 2. The van der Waals surface area contributed by atoms with E-state index >= 15 is 0 Å². The molecule has 7 nitrogen and oxygen atoms in total. The van der Waals surface area contributed by atoms with Gasteiger partial charge >= 0.3 is 6.09 Å². The second-order valence-electron chi connectivity index (χ2n) is 4.71. The van der Waals surface area contributed by atoms with Crippen molar-refractivity contribution in [3.63, 3.8) is 0 Å². The molecular weight excluding hydrogens is 282 g/mol. The summed E-state index contributed by atoms with van der Waals surface area (Å²) in [5.41, 5.74) is 0.321. The Kier molecular flexibility index (Phi) is 4.91. The number of nitrogens with zero attached hydrogens (tertiary/aromatic N) is 2. The highest BCUT2D eigenvalue weighted by Crippen LogP contribution is 2.16. The maximum absolute atomic E-state index is 11.8. The Morgan fingerprint density at radius 3 is 2.70 bits per heavy atom. The Morgan fingerprint density at radius 2 is 2.15 bits per heavy atom. The minimum absolute atomic E-state index is 0.161. The lowest BCUT2D eigenvalue weighted by molar-refractivity contribution is 0.0924. The van der Waals surface area contributed by atoms with E-state index in [1.807, 2.05) is 0 Å². The number of hydrogen-bond donors (Lipinski definition) is 3. The number of aromatic nitrogens is 1. The van der Waals surface area contributed by atoms with E-state index in [0.29, 0.717) is 36.3 Å². The molecule has 1 aliphatic rings. The number of likely N-dealkylation sites (tertiary alicyclic amines) is 1. The lowest BCUT2D eigenvalue weighted by Crippen LogP contribution is -2.40. The SMILES string of the molecule is O=C(NCC1CCN(C(=O)O)CC1)c1csc(CO)n1. The summed E-state index contributed by atoms with van der Waals surface area (Å²) in [6, 6.07) is 0. The average Bonchev–Trinajstić information content (AvgIpc) is 2.94. The zero-order valence-electron chi connectivity index (χ0n) is 10.9. The number of aliphatic hydroxyl groups excluding tert-OH is 1. The van der Waals surface area contributed by atoms with E-state index in [1.54, 1.807) is 5.38 Å². The summed E-state index contributed by atoms with van der Waals surface area (Å²) < 4.78 is 0. The lowest BCUT2D eigenvalue weighted by atomic mass is 9.97. The van der Waals surface area contributed by atoms with Crippen LogP contribution in [0.15, 0.2) is 5.38 Å². The summed E-state index contributed by atoms with van der Waals surface area (Å²) in [6.45, 7) is 1.40. The second kappa shape index (κ2) is 6.67. The van der Waals surface area contributed by atoms with Crippen molar-refractivity contribution in [2.75, 3.05) is 19.6 Å². The number of thiazole rings is 1. The fourth-order valence-electron chi connectivity index (χ4n) is 2.14. The minimum Gasteiger partial charge on any atom is -0.465 e. The van der Waals surface area contributed by atoms with Crippen LogP contribution in [-0.2, 0) is 6.61 Å². The monoisotopic (exact) mass is 299 g/mol. The molecule has 2 rings (SSSR count). The minimum atomic E-state index is -0.883. The number of piperidine rings is 1. The molecular formula is C12H17N3O4S. The van der Waals surface area contributed by atoms with Gasteiger partial charge in [0.15, 0.2) is 0 Å². The molecule has 1 aliphatic heterocycles. The molecule has 1 fully saturated rings. The Balaban J connectivity index is 1.75. The molecule has 0 aromatic carbocycles. The van der Waals surface area contributed by atoms with Gasteiger partial charge in [-0.15, -0.1) is 11.3 Å². The smallest absolute Gasteiger partial charge is 0.407 e. The standard InChI is InChI=1S/C12H17N3O4S/c16-6-10-14-9(7-20-10)11(17)13-5-8-1-3-15(4-2-8)12(18)19/h7-8,16H,1-6H2,(H,13,17)(H,18,19). The molecule has 3 N–H and O–H groups in total. The van der Waals surface area contributed by atoms with Crippen LogP contribution >= 0.6 is 11.3 Å². The fraction of sp³-hybridized carbons (Fsp3) is 0.583. The Labute approximate surface area is 120 Å². The van der Waals surface area contributed by atoms with Crippen LogP contribution in [0, 0.1) is 5.92 Å². The maximum atomic E-state index is 11.8. The summed E-state index contributed by atoms with van der Waals surface area (Å²) in [4.78, 5) is 28.0. The van der Waals surface area contributed by atoms with Crippen LogP contribution in [-0.4, -0.2) is 51.7 Å². The molecule has 1 saturated heterocycles. The van der Waals surface area contributed by atoms with E-state index in [-0.39, 0.29) is 12.5 Å². The van der Waals surface area contributed by atoms with Crippen molar-refractivity contribution in [3.05, 3.63) is 16.1 Å². The van der Waals surface area contributed by atoms with Gasteiger partial charge in [0.1, 0.15) is 10.7 Å². The van der Waals surface area contributed by atoms with Crippen molar-refractivity contribution in [2.45, 2.75) is 19.4 Å². The average molecular weight is 299 g/mol. The first-order valence-electron chi connectivity index (χ1n) is 6.41. The molecule has 2 amide bonds. The highest BCUT2D eigenvalue weighted by molar-refractivity contribution is 7.09. The van der Waals surface area contributed by atoms with Crippen molar-refractivity contribution < 1.29 is 19.8 Å². The summed E-state index contributed by atoms with van der Waals surface area (Å²) in [7, 11) is 0. The lowest BCUT2D eigenvalue weighted by Gasteiger charge is -2.29. The zero-order chi connectivity index (χ0) is 14.5. The molecule has 20 heavy (non-hydrogen) atoms. The second-order valence-corrected chi connectivity index (χ2v) is 5.65. The zero-order valence-corrected chi connectivity index (χ0v) is 11.7. The molecule has 0 radical (unpaired) electrons. The van der Waals surface area contributed by atoms with E-state index in [4.69, 9.17) is 10.2 Å². The van der Waals surface area contributed by atoms with Crippen molar-refractivity contribution in [1.82, 2.24) is 15.2 Å². The van der Waals surface area contributed by atoms with E-state index < -0.39 is 6.09 Å². The van der Waals surface area contributed by atoms with Crippen molar-refractivity contribution in [1.29, 1.82) is 0 Å². The van der Waals surface area contributed by atoms with Crippen LogP contribution in [0.4, 0.5) is 4.79 Å². The highest BCUT2D eigenvalue weighted by Gasteiger charge is 2.22. The largest absolute Gasteiger partial charge is 0.465 e. The quantitative estimate of drug-likeness (QED) is 0.761. The first-order chi connectivity index (χ1) is 9.60. The summed E-state index contributed by atoms with van der Waals surface area (Å²) >= 11 is 1.25. The molecule has 2 heterocycles. The summed E-state index contributed by atoms with van der Waals surface area (Å²) in [5.74, 6) is 0.0483. The topological polar surface area (TPSA) is 103 Å².